The van der Waals surface area contributed by atoms with Crippen molar-refractivity contribution in [3.63, 3.8) is 0 Å². The quantitative estimate of drug-likeness (QED) is 0.780. The van der Waals surface area contributed by atoms with Crippen molar-refractivity contribution >= 4 is 11.9 Å². The van der Waals surface area contributed by atoms with E-state index < -0.39 is 18.0 Å². The molecule has 0 fully saturated rings. The highest BCUT2D eigenvalue weighted by Gasteiger charge is 2.31. The summed E-state index contributed by atoms with van der Waals surface area (Å²) in [6, 6.07) is 7.77. The Hall–Kier alpha value is -3.43. The van der Waals surface area contributed by atoms with Crippen LogP contribution in [0.2, 0.25) is 0 Å². The normalized spacial score (nSPS) is 11.3. The van der Waals surface area contributed by atoms with E-state index in [1.54, 1.807) is 18.3 Å². The number of anilines is 1. The molecule has 3 rings (SSSR count). The number of hydrogen-bond donors (Lipinski definition) is 1. The number of alkyl halides is 3. The molecule has 0 aliphatic heterocycles. The van der Waals surface area contributed by atoms with Gasteiger partial charge in [-0.15, -0.1) is 18.3 Å². The second kappa shape index (κ2) is 6.23. The lowest BCUT2D eigenvalue weighted by Crippen LogP contribution is -2.18. The van der Waals surface area contributed by atoms with Gasteiger partial charge in [-0.25, -0.2) is 0 Å². The number of benzene rings is 1. The van der Waals surface area contributed by atoms with E-state index in [-0.39, 0.29) is 17.3 Å². The molecule has 0 saturated carbocycles. The van der Waals surface area contributed by atoms with Crippen LogP contribution in [0, 0.1) is 0 Å². The second-order valence-corrected chi connectivity index (χ2v) is 4.82. The van der Waals surface area contributed by atoms with E-state index in [1.807, 2.05) is 0 Å². The van der Waals surface area contributed by atoms with Crippen molar-refractivity contribution in [2.24, 2.45) is 0 Å². The molecule has 0 aliphatic carbocycles. The molecule has 0 unspecified atom stereocenters. The molecule has 2 heterocycles. The highest BCUT2D eigenvalue weighted by atomic mass is 19.4. The first kappa shape index (κ1) is 16.4. The summed E-state index contributed by atoms with van der Waals surface area (Å²) in [7, 11) is 0. The van der Waals surface area contributed by atoms with Gasteiger partial charge in [0, 0.05) is 23.5 Å². The van der Waals surface area contributed by atoms with Crippen LogP contribution in [0.5, 0.6) is 5.75 Å². The minimum Gasteiger partial charge on any atom is -0.406 e. The summed E-state index contributed by atoms with van der Waals surface area (Å²) in [5.74, 6) is -1.03. The molecule has 0 radical (unpaired) electrons. The fraction of sp³-hybridized carbons (Fsp3) is 0.0667. The van der Waals surface area contributed by atoms with Crippen molar-refractivity contribution in [1.29, 1.82) is 0 Å². The third kappa shape index (κ3) is 3.74. The van der Waals surface area contributed by atoms with Crippen LogP contribution < -0.4 is 10.5 Å². The standard InChI is InChI=1S/C15H10F3N5O2/c16-15(17,18)25-11-5-3-9(4-6-11)13(24)23-14(19)21-12(22-23)10-2-1-7-20-8-10/h1-8H,(H2,19,21,22). The molecule has 7 nitrogen and oxygen atoms in total. The van der Waals surface area contributed by atoms with Crippen LogP contribution in [0.1, 0.15) is 10.4 Å². The first-order valence-corrected chi connectivity index (χ1v) is 6.87. The summed E-state index contributed by atoms with van der Waals surface area (Å²) >= 11 is 0. The predicted octanol–water partition coefficient (Wildman–Crippen LogP) is 2.51. The maximum Gasteiger partial charge on any atom is 0.573 e. The Balaban J connectivity index is 1.85. The van der Waals surface area contributed by atoms with Crippen LogP contribution in [-0.2, 0) is 0 Å². The number of aromatic nitrogens is 4. The fourth-order valence-corrected chi connectivity index (χ4v) is 2.01. The molecule has 0 aliphatic rings. The minimum absolute atomic E-state index is 0.0730. The van der Waals surface area contributed by atoms with Crippen molar-refractivity contribution in [3.8, 4) is 17.1 Å². The third-order valence-corrected chi connectivity index (χ3v) is 3.08. The van der Waals surface area contributed by atoms with Gasteiger partial charge < -0.3 is 10.5 Å². The minimum atomic E-state index is -4.81. The summed E-state index contributed by atoms with van der Waals surface area (Å²) in [5, 5.41) is 4.02. The van der Waals surface area contributed by atoms with Gasteiger partial charge in [0.05, 0.1) is 0 Å². The number of nitrogens with two attached hydrogens (primary N) is 1. The molecule has 0 saturated heterocycles. The van der Waals surface area contributed by atoms with Crippen molar-refractivity contribution in [2.75, 3.05) is 5.73 Å². The molecule has 3 aromatic rings. The molecule has 25 heavy (non-hydrogen) atoms. The number of halogens is 3. The average Bonchev–Trinajstić information content (AvgIpc) is 2.96. The van der Waals surface area contributed by atoms with Gasteiger partial charge in [0.25, 0.3) is 5.91 Å². The highest BCUT2D eigenvalue weighted by Crippen LogP contribution is 2.23. The van der Waals surface area contributed by atoms with Crippen molar-refractivity contribution in [2.45, 2.75) is 6.36 Å². The Morgan fingerprint density at radius 2 is 1.88 bits per heavy atom. The summed E-state index contributed by atoms with van der Waals surface area (Å²) in [5.41, 5.74) is 6.34. The van der Waals surface area contributed by atoms with Crippen LogP contribution in [0.25, 0.3) is 11.4 Å². The summed E-state index contributed by atoms with van der Waals surface area (Å²) in [6.07, 6.45) is -1.73. The molecule has 2 N–H and O–H groups in total. The molecule has 0 bridgehead atoms. The monoisotopic (exact) mass is 349 g/mol. The van der Waals surface area contributed by atoms with E-state index >= 15 is 0 Å². The van der Waals surface area contributed by atoms with Crippen molar-refractivity contribution in [3.05, 3.63) is 54.4 Å². The number of nitrogens with zero attached hydrogens (tertiary/aromatic N) is 4. The van der Waals surface area contributed by atoms with Crippen LogP contribution in [-0.4, -0.2) is 32.0 Å². The molecule has 10 heteroatoms. The molecule has 128 valence electrons. The maximum absolute atomic E-state index is 12.4. The summed E-state index contributed by atoms with van der Waals surface area (Å²) in [6.45, 7) is 0. The van der Waals surface area contributed by atoms with Crippen molar-refractivity contribution in [1.82, 2.24) is 19.7 Å². The average molecular weight is 349 g/mol. The van der Waals surface area contributed by atoms with Gasteiger partial charge in [0.1, 0.15) is 5.75 Å². The lowest BCUT2D eigenvalue weighted by atomic mass is 10.2. The molecular formula is C15H10F3N5O2. The molecule has 2 aromatic heterocycles. The molecule has 0 atom stereocenters. The van der Waals surface area contributed by atoms with Gasteiger partial charge in [-0.3, -0.25) is 9.78 Å². The molecule has 0 amide bonds. The van der Waals surface area contributed by atoms with Gasteiger partial charge in [-0.05, 0) is 36.4 Å². The maximum atomic E-state index is 12.4. The number of hydrogen-bond acceptors (Lipinski definition) is 6. The number of carbonyl (C=O) groups is 1. The van der Waals surface area contributed by atoms with Gasteiger partial charge in [0.15, 0.2) is 5.82 Å². The van der Waals surface area contributed by atoms with E-state index in [1.165, 1.54) is 18.3 Å². The van der Waals surface area contributed by atoms with Gasteiger partial charge in [0.2, 0.25) is 5.95 Å². The molecular weight excluding hydrogens is 339 g/mol. The second-order valence-electron chi connectivity index (χ2n) is 4.82. The third-order valence-electron chi connectivity index (χ3n) is 3.08. The Morgan fingerprint density at radius 3 is 2.48 bits per heavy atom. The van der Waals surface area contributed by atoms with Crippen LogP contribution in [0.3, 0.4) is 0 Å². The zero-order valence-corrected chi connectivity index (χ0v) is 12.4. The number of carbonyl (C=O) groups excluding carboxylic acids is 1. The fourth-order valence-electron chi connectivity index (χ4n) is 2.01. The van der Waals surface area contributed by atoms with Crippen LogP contribution in [0.4, 0.5) is 19.1 Å². The predicted molar refractivity (Wildman–Crippen MR) is 80.5 cm³/mol. The Bertz CT molecular complexity index is 892. The molecule has 1 aromatic carbocycles. The van der Waals surface area contributed by atoms with Crippen molar-refractivity contribution < 1.29 is 22.7 Å². The largest absolute Gasteiger partial charge is 0.573 e. The van der Waals surface area contributed by atoms with Gasteiger partial charge in [-0.2, -0.15) is 9.67 Å². The topological polar surface area (TPSA) is 95.9 Å². The zero-order valence-electron chi connectivity index (χ0n) is 12.4. The SMILES string of the molecule is Nc1nc(-c2cccnc2)nn1C(=O)c1ccc(OC(F)(F)F)cc1. The zero-order chi connectivity index (χ0) is 18.0. The van der Waals surface area contributed by atoms with Crippen LogP contribution in [0.15, 0.2) is 48.8 Å². The van der Waals surface area contributed by atoms with E-state index in [0.29, 0.717) is 5.56 Å². The Labute approximate surface area is 138 Å². The van der Waals surface area contributed by atoms with Gasteiger partial charge >= 0.3 is 6.36 Å². The first-order chi connectivity index (χ1) is 11.8. The van der Waals surface area contributed by atoms with E-state index in [0.717, 1.165) is 16.8 Å². The number of nitrogen functional groups attached to an aromatic ring is 1. The number of rotatable bonds is 3. The number of pyridine rings is 1. The first-order valence-electron chi connectivity index (χ1n) is 6.87. The summed E-state index contributed by atoms with van der Waals surface area (Å²) in [4.78, 5) is 20.3. The molecule has 0 spiro atoms. The number of ether oxygens (including phenoxy) is 1. The van der Waals surface area contributed by atoms with E-state index in [2.05, 4.69) is 19.8 Å². The Morgan fingerprint density at radius 1 is 1.16 bits per heavy atom. The van der Waals surface area contributed by atoms with E-state index in [9.17, 15) is 18.0 Å². The lowest BCUT2D eigenvalue weighted by molar-refractivity contribution is -0.274. The van der Waals surface area contributed by atoms with Gasteiger partial charge in [-0.1, -0.05) is 0 Å². The smallest absolute Gasteiger partial charge is 0.406 e. The van der Waals surface area contributed by atoms with E-state index in [4.69, 9.17) is 5.73 Å². The Kier molecular flexibility index (Phi) is 4.09. The van der Waals surface area contributed by atoms with Crippen LogP contribution >= 0.6 is 0 Å². The highest BCUT2D eigenvalue weighted by molar-refractivity contribution is 5.97. The lowest BCUT2D eigenvalue weighted by Gasteiger charge is -2.09. The summed E-state index contributed by atoms with van der Waals surface area (Å²) < 4.78 is 41.1.